The van der Waals surface area contributed by atoms with Gasteiger partial charge in [-0.25, -0.2) is 5.10 Å². The molecule has 0 unspecified atom stereocenters. The lowest BCUT2D eigenvalue weighted by Gasteiger charge is -2.30. The minimum absolute atomic E-state index is 0.573. The molecular formula is C21H26N5. The van der Waals surface area contributed by atoms with Crippen molar-refractivity contribution >= 4 is 5.69 Å². The number of rotatable bonds is 7. The number of anilines is 1. The SMILES string of the molecule is CC(C)CN(CC(C)C)c1[c]cccc1-c1ccccc1-c1nnn[nH]1. The number of nitrogens with zero attached hydrogens (tertiary/aromatic N) is 4. The Bertz CT molecular complexity index is 814. The van der Waals surface area contributed by atoms with Gasteiger partial charge in [0.05, 0.1) is 5.69 Å². The number of H-pyrrole nitrogens is 1. The molecule has 0 bridgehead atoms. The normalized spacial score (nSPS) is 11.3. The molecule has 0 atom stereocenters. The average molecular weight is 348 g/mol. The molecule has 1 radical (unpaired) electrons. The first-order valence-electron chi connectivity index (χ1n) is 9.15. The fraction of sp³-hybridized carbons (Fsp3) is 0.381. The largest absolute Gasteiger partial charge is 0.370 e. The molecule has 0 saturated carbocycles. The third kappa shape index (κ3) is 4.10. The van der Waals surface area contributed by atoms with E-state index >= 15 is 0 Å². The third-order valence-electron chi connectivity index (χ3n) is 4.14. The van der Waals surface area contributed by atoms with Crippen molar-refractivity contribution in [1.29, 1.82) is 0 Å². The van der Waals surface area contributed by atoms with E-state index in [0.29, 0.717) is 17.7 Å². The highest BCUT2D eigenvalue weighted by atomic mass is 15.5. The van der Waals surface area contributed by atoms with E-state index in [1.807, 2.05) is 24.3 Å². The number of benzene rings is 2. The number of tetrazole rings is 1. The van der Waals surface area contributed by atoms with E-state index in [4.69, 9.17) is 0 Å². The van der Waals surface area contributed by atoms with Crippen molar-refractivity contribution in [2.75, 3.05) is 18.0 Å². The standard InChI is InChI=1S/C21H26N5/c1-15(2)13-26(14-16(3)4)20-12-8-7-10-18(20)17-9-5-6-11-19(17)21-22-24-25-23-21/h5-11,15-16H,13-14H2,1-4H3,(H,22,23,24,25). The van der Waals surface area contributed by atoms with Crippen molar-refractivity contribution in [2.24, 2.45) is 11.8 Å². The predicted octanol–water partition coefficient (Wildman–Crippen LogP) is 4.45. The Balaban J connectivity index is 2.10. The zero-order valence-electron chi connectivity index (χ0n) is 15.9. The number of para-hydroxylation sites is 1. The highest BCUT2D eigenvalue weighted by Crippen LogP contribution is 2.36. The second kappa shape index (κ2) is 8.13. The van der Waals surface area contributed by atoms with E-state index in [-0.39, 0.29) is 0 Å². The predicted molar refractivity (Wildman–Crippen MR) is 106 cm³/mol. The molecule has 1 aromatic heterocycles. The van der Waals surface area contributed by atoms with Crippen molar-refractivity contribution in [2.45, 2.75) is 27.7 Å². The fourth-order valence-corrected chi connectivity index (χ4v) is 3.24. The van der Waals surface area contributed by atoms with E-state index in [0.717, 1.165) is 35.5 Å². The van der Waals surface area contributed by atoms with Gasteiger partial charge >= 0.3 is 0 Å². The molecule has 135 valence electrons. The molecule has 3 aromatic rings. The number of hydrogen-bond donors (Lipinski definition) is 1. The first-order valence-corrected chi connectivity index (χ1v) is 9.15. The van der Waals surface area contributed by atoms with Gasteiger partial charge in [0, 0.05) is 30.3 Å². The Morgan fingerprint density at radius 3 is 2.19 bits per heavy atom. The molecule has 3 rings (SSSR count). The lowest BCUT2D eigenvalue weighted by molar-refractivity contribution is 0.553. The summed E-state index contributed by atoms with van der Waals surface area (Å²) in [6, 6.07) is 17.9. The van der Waals surface area contributed by atoms with E-state index in [9.17, 15) is 0 Å². The Kier molecular flexibility index (Phi) is 5.66. The Hall–Kier alpha value is -2.69. The molecule has 0 aliphatic carbocycles. The van der Waals surface area contributed by atoms with E-state index in [1.165, 1.54) is 0 Å². The summed E-state index contributed by atoms with van der Waals surface area (Å²) in [5.74, 6) is 1.82. The third-order valence-corrected chi connectivity index (χ3v) is 4.14. The van der Waals surface area contributed by atoms with Gasteiger partial charge in [-0.05, 0) is 27.8 Å². The van der Waals surface area contributed by atoms with Crippen molar-refractivity contribution in [3.8, 4) is 22.5 Å². The highest BCUT2D eigenvalue weighted by Gasteiger charge is 2.18. The second-order valence-electron chi connectivity index (χ2n) is 7.42. The van der Waals surface area contributed by atoms with Crippen LogP contribution >= 0.6 is 0 Å². The quantitative estimate of drug-likeness (QED) is 0.685. The van der Waals surface area contributed by atoms with Crippen molar-refractivity contribution in [3.05, 3.63) is 48.5 Å². The molecule has 5 nitrogen and oxygen atoms in total. The van der Waals surface area contributed by atoms with Crippen LogP contribution in [0, 0.1) is 17.9 Å². The topological polar surface area (TPSA) is 57.7 Å². The fourth-order valence-electron chi connectivity index (χ4n) is 3.24. The molecular weight excluding hydrogens is 322 g/mol. The molecule has 0 spiro atoms. The van der Waals surface area contributed by atoms with Gasteiger partial charge in [0.15, 0.2) is 5.82 Å². The first-order chi connectivity index (χ1) is 12.6. The number of hydrogen-bond acceptors (Lipinski definition) is 4. The van der Waals surface area contributed by atoms with Crippen molar-refractivity contribution < 1.29 is 0 Å². The van der Waals surface area contributed by atoms with Crippen molar-refractivity contribution in [3.63, 3.8) is 0 Å². The molecule has 0 fully saturated rings. The summed E-state index contributed by atoms with van der Waals surface area (Å²) < 4.78 is 0. The van der Waals surface area contributed by atoms with Crippen LogP contribution in [0.25, 0.3) is 22.5 Å². The van der Waals surface area contributed by atoms with Gasteiger partial charge in [-0.3, -0.25) is 0 Å². The summed E-state index contributed by atoms with van der Waals surface area (Å²) in [6.07, 6.45) is 0. The number of nitrogens with one attached hydrogen (secondary N) is 1. The molecule has 5 heteroatoms. The molecule has 1 N–H and O–H groups in total. The summed E-state index contributed by atoms with van der Waals surface area (Å²) in [4.78, 5) is 2.44. The monoisotopic (exact) mass is 348 g/mol. The van der Waals surface area contributed by atoms with Crippen LogP contribution in [-0.2, 0) is 0 Å². The van der Waals surface area contributed by atoms with Gasteiger partial charge in [0.2, 0.25) is 0 Å². The molecule has 26 heavy (non-hydrogen) atoms. The van der Waals surface area contributed by atoms with Crippen LogP contribution in [-0.4, -0.2) is 33.7 Å². The Labute approximate surface area is 155 Å². The number of aromatic amines is 1. The Morgan fingerprint density at radius 2 is 1.58 bits per heavy atom. The maximum Gasteiger partial charge on any atom is 0.180 e. The van der Waals surface area contributed by atoms with Gasteiger partial charge in [0.25, 0.3) is 0 Å². The van der Waals surface area contributed by atoms with Gasteiger partial charge in [-0.1, -0.05) is 70.2 Å². The summed E-state index contributed by atoms with van der Waals surface area (Å²) >= 11 is 0. The average Bonchev–Trinajstić information content (AvgIpc) is 3.15. The maximum absolute atomic E-state index is 4.10. The highest BCUT2D eigenvalue weighted by molar-refractivity contribution is 5.87. The summed E-state index contributed by atoms with van der Waals surface area (Å²) in [5, 5.41) is 14.4. The van der Waals surface area contributed by atoms with E-state index in [2.05, 4.69) is 77.5 Å². The van der Waals surface area contributed by atoms with Crippen molar-refractivity contribution in [1.82, 2.24) is 20.6 Å². The minimum atomic E-state index is 0.573. The number of aromatic nitrogens is 4. The van der Waals surface area contributed by atoms with Crippen LogP contribution in [0.1, 0.15) is 27.7 Å². The smallest absolute Gasteiger partial charge is 0.180 e. The van der Waals surface area contributed by atoms with Crippen LogP contribution in [0.2, 0.25) is 0 Å². The van der Waals surface area contributed by atoms with Gasteiger partial charge in [-0.2, -0.15) is 0 Å². The van der Waals surface area contributed by atoms with Crippen LogP contribution in [0.5, 0.6) is 0 Å². The van der Waals surface area contributed by atoms with Crippen LogP contribution < -0.4 is 4.90 Å². The van der Waals surface area contributed by atoms with Gasteiger partial charge in [-0.15, -0.1) is 5.10 Å². The minimum Gasteiger partial charge on any atom is -0.370 e. The summed E-state index contributed by atoms with van der Waals surface area (Å²) in [6.45, 7) is 11.0. The molecule has 0 amide bonds. The molecule has 0 saturated heterocycles. The zero-order chi connectivity index (χ0) is 18.5. The lowest BCUT2D eigenvalue weighted by atomic mass is 9.96. The summed E-state index contributed by atoms with van der Waals surface area (Å²) in [5.41, 5.74) is 4.39. The van der Waals surface area contributed by atoms with Crippen LogP contribution in [0.4, 0.5) is 5.69 Å². The lowest BCUT2D eigenvalue weighted by Crippen LogP contribution is -2.31. The second-order valence-corrected chi connectivity index (χ2v) is 7.42. The van der Waals surface area contributed by atoms with Crippen LogP contribution in [0.15, 0.2) is 42.5 Å². The van der Waals surface area contributed by atoms with E-state index in [1.54, 1.807) is 0 Å². The first kappa shape index (κ1) is 18.1. The molecule has 0 aliphatic heterocycles. The molecule has 2 aromatic carbocycles. The van der Waals surface area contributed by atoms with Gasteiger partial charge in [0.1, 0.15) is 0 Å². The molecule has 1 heterocycles. The zero-order valence-corrected chi connectivity index (χ0v) is 15.9. The van der Waals surface area contributed by atoms with E-state index < -0.39 is 0 Å². The Morgan fingerprint density at radius 1 is 0.923 bits per heavy atom. The maximum atomic E-state index is 4.10. The molecule has 0 aliphatic rings. The van der Waals surface area contributed by atoms with Gasteiger partial charge < -0.3 is 4.90 Å². The van der Waals surface area contributed by atoms with Crippen LogP contribution in [0.3, 0.4) is 0 Å². The summed E-state index contributed by atoms with van der Waals surface area (Å²) in [7, 11) is 0.